The predicted octanol–water partition coefficient (Wildman–Crippen LogP) is -0.164. The maximum atomic E-state index is 12.1. The molecule has 0 unspecified atom stereocenters. The van der Waals surface area contributed by atoms with Gasteiger partial charge < -0.3 is 26.0 Å². The number of rotatable bonds is 15. The van der Waals surface area contributed by atoms with Gasteiger partial charge in [0, 0.05) is 31.7 Å². The predicted molar refractivity (Wildman–Crippen MR) is 142 cm³/mol. The highest BCUT2D eigenvalue weighted by Crippen LogP contribution is 2.25. The van der Waals surface area contributed by atoms with Crippen molar-refractivity contribution >= 4 is 16.2 Å². The molecule has 1 amide bonds. The van der Waals surface area contributed by atoms with Gasteiger partial charge in [-0.15, -0.1) is 5.10 Å². The first-order valence-electron chi connectivity index (χ1n) is 13.1. The Kier molecular flexibility index (Phi) is 11.8. The lowest BCUT2D eigenvalue weighted by Crippen LogP contribution is -2.52. The first-order valence-corrected chi connectivity index (χ1v) is 14.5. The summed E-state index contributed by atoms with van der Waals surface area (Å²) >= 11 is 0. The summed E-state index contributed by atoms with van der Waals surface area (Å²) in [5.74, 6) is -1.12. The quantitative estimate of drug-likeness (QED) is 0.192. The minimum Gasteiger partial charge on any atom is -0.390 e. The van der Waals surface area contributed by atoms with Crippen molar-refractivity contribution in [2.45, 2.75) is 77.1 Å². The Labute approximate surface area is 229 Å². The van der Waals surface area contributed by atoms with Gasteiger partial charge in [0.2, 0.25) is 0 Å². The van der Waals surface area contributed by atoms with Crippen LogP contribution in [0.2, 0.25) is 0 Å². The Morgan fingerprint density at radius 2 is 1.97 bits per heavy atom. The number of nitrogens with two attached hydrogens (primary N) is 1. The number of carbonyl (C=O) groups is 1. The Morgan fingerprint density at radius 1 is 1.23 bits per heavy atom. The zero-order valence-corrected chi connectivity index (χ0v) is 23.2. The number of amides is 1. The normalized spacial score (nSPS) is 22.6. The zero-order chi connectivity index (χ0) is 28.4. The number of aliphatic hydroxyl groups excluding tert-OH is 2. The maximum Gasteiger partial charge on any atom is 0.362 e. The molecule has 0 bridgehead atoms. The van der Waals surface area contributed by atoms with Gasteiger partial charge in [-0.2, -0.15) is 8.42 Å². The van der Waals surface area contributed by atoms with Crippen LogP contribution in [0.3, 0.4) is 0 Å². The van der Waals surface area contributed by atoms with Crippen LogP contribution >= 0.6 is 0 Å². The van der Waals surface area contributed by atoms with Crippen LogP contribution in [0.1, 0.15) is 44.4 Å². The standard InChI is InChI=1S/C25H40N6O7S/c1-17(2)11-21(26)25(34)29-39(35,36)38-16-22-24(33)23(32)19(15-37-22)9-6-10-31-14-20(28-30-31)13-27-12-18-7-4-3-5-8-18/h3-5,7-8,14,17,19,21-24,27,32-33H,6,9-13,15-16,26H2,1-2H3,(H,29,34)/t19-,21+,22-,23+,24-/m1/s1. The summed E-state index contributed by atoms with van der Waals surface area (Å²) in [6.45, 7) is 5.16. The summed E-state index contributed by atoms with van der Waals surface area (Å²) in [4.78, 5) is 12.0. The monoisotopic (exact) mass is 568 g/mol. The van der Waals surface area contributed by atoms with Crippen LogP contribution in [0, 0.1) is 11.8 Å². The van der Waals surface area contributed by atoms with Crippen LogP contribution < -0.4 is 15.8 Å². The number of benzene rings is 1. The highest BCUT2D eigenvalue weighted by molar-refractivity contribution is 7.85. The molecule has 14 heteroatoms. The van der Waals surface area contributed by atoms with Gasteiger partial charge in [0.1, 0.15) is 12.2 Å². The van der Waals surface area contributed by atoms with Gasteiger partial charge in [-0.1, -0.05) is 49.4 Å². The number of aliphatic hydroxyl groups is 2. The van der Waals surface area contributed by atoms with E-state index in [1.807, 2.05) is 50.4 Å². The number of hydrogen-bond donors (Lipinski definition) is 5. The summed E-state index contributed by atoms with van der Waals surface area (Å²) in [5.41, 5.74) is 7.70. The van der Waals surface area contributed by atoms with E-state index in [9.17, 15) is 23.4 Å². The molecule has 1 aromatic carbocycles. The SMILES string of the molecule is CC(C)C[C@H](N)C(=O)NS(=O)(=O)OC[C@H]1OC[C@@H](CCCn2cc(CNCc3ccccc3)nn2)[C@H](O)[C@@H]1O. The van der Waals surface area contributed by atoms with E-state index < -0.39 is 47.2 Å². The van der Waals surface area contributed by atoms with Crippen molar-refractivity contribution in [3.05, 3.63) is 47.8 Å². The van der Waals surface area contributed by atoms with Crippen LogP contribution in [0.15, 0.2) is 36.5 Å². The highest BCUT2D eigenvalue weighted by Gasteiger charge is 2.39. The molecule has 1 aliphatic heterocycles. The molecular weight excluding hydrogens is 528 g/mol. The summed E-state index contributed by atoms with van der Waals surface area (Å²) < 4.78 is 38.1. The third kappa shape index (κ3) is 10.2. The fourth-order valence-corrected chi connectivity index (χ4v) is 5.09. The second-order valence-electron chi connectivity index (χ2n) is 10.3. The topological polar surface area (TPSA) is 191 Å². The summed E-state index contributed by atoms with van der Waals surface area (Å²) in [6, 6.07) is 9.06. The number of carbonyl (C=O) groups excluding carboxylic acids is 1. The molecule has 1 saturated heterocycles. The highest BCUT2D eigenvalue weighted by atomic mass is 32.2. The van der Waals surface area contributed by atoms with Crippen molar-refractivity contribution in [3.63, 3.8) is 0 Å². The molecule has 0 aliphatic carbocycles. The molecule has 1 aromatic heterocycles. The molecule has 0 spiro atoms. The Balaban J connectivity index is 1.36. The third-order valence-electron chi connectivity index (χ3n) is 6.44. The van der Waals surface area contributed by atoms with Crippen LogP contribution in [-0.4, -0.2) is 77.1 Å². The molecule has 3 rings (SSSR count). The lowest BCUT2D eigenvalue weighted by atomic mass is 9.89. The first-order chi connectivity index (χ1) is 18.5. The molecule has 1 fully saturated rings. The second-order valence-corrected chi connectivity index (χ2v) is 11.6. The molecule has 2 aromatic rings. The van der Waals surface area contributed by atoms with Gasteiger partial charge in [-0.25, -0.2) is 4.72 Å². The Bertz CT molecular complexity index is 1130. The van der Waals surface area contributed by atoms with Crippen molar-refractivity contribution in [1.82, 2.24) is 25.0 Å². The molecule has 0 radical (unpaired) electrons. The lowest BCUT2D eigenvalue weighted by molar-refractivity contribution is -0.173. The van der Waals surface area contributed by atoms with Gasteiger partial charge in [0.15, 0.2) is 0 Å². The molecule has 6 N–H and O–H groups in total. The van der Waals surface area contributed by atoms with E-state index in [4.69, 9.17) is 14.7 Å². The number of nitrogens with zero attached hydrogens (tertiary/aromatic N) is 3. The Hall–Kier alpha value is -2.46. The summed E-state index contributed by atoms with van der Waals surface area (Å²) in [6.07, 6.45) is -0.171. The number of aromatic nitrogens is 3. The molecule has 13 nitrogen and oxygen atoms in total. The van der Waals surface area contributed by atoms with Gasteiger partial charge in [-0.3, -0.25) is 13.7 Å². The minimum absolute atomic E-state index is 0.107. The fourth-order valence-electron chi connectivity index (χ4n) is 4.32. The maximum absolute atomic E-state index is 12.1. The van der Waals surface area contributed by atoms with Crippen molar-refractivity contribution in [2.24, 2.45) is 17.6 Å². The third-order valence-corrected chi connectivity index (χ3v) is 7.34. The van der Waals surface area contributed by atoms with Crippen LogP contribution in [0.25, 0.3) is 0 Å². The number of nitrogens with one attached hydrogen (secondary N) is 2. The van der Waals surface area contributed by atoms with Crippen LogP contribution in [0.5, 0.6) is 0 Å². The van der Waals surface area contributed by atoms with Gasteiger partial charge in [0.25, 0.3) is 5.91 Å². The van der Waals surface area contributed by atoms with Crippen molar-refractivity contribution < 1.29 is 32.3 Å². The van der Waals surface area contributed by atoms with E-state index in [0.29, 0.717) is 32.4 Å². The average molecular weight is 569 g/mol. The van der Waals surface area contributed by atoms with Gasteiger partial charge in [-0.05, 0) is 30.7 Å². The van der Waals surface area contributed by atoms with Crippen LogP contribution in [-0.2, 0) is 43.7 Å². The van der Waals surface area contributed by atoms with Gasteiger partial charge in [0.05, 0.1) is 31.1 Å². The molecule has 0 saturated carbocycles. The van der Waals surface area contributed by atoms with E-state index in [-0.39, 0.29) is 18.4 Å². The molecule has 39 heavy (non-hydrogen) atoms. The van der Waals surface area contributed by atoms with Crippen molar-refractivity contribution in [2.75, 3.05) is 13.2 Å². The fraction of sp³-hybridized carbons (Fsp3) is 0.640. The molecule has 2 heterocycles. The van der Waals surface area contributed by atoms with Crippen molar-refractivity contribution in [1.29, 1.82) is 0 Å². The van der Waals surface area contributed by atoms with E-state index in [1.54, 1.807) is 9.40 Å². The Morgan fingerprint density at radius 3 is 2.69 bits per heavy atom. The van der Waals surface area contributed by atoms with Gasteiger partial charge >= 0.3 is 10.3 Å². The molecule has 5 atom stereocenters. The van der Waals surface area contributed by atoms with E-state index in [1.165, 1.54) is 5.56 Å². The number of hydrogen-bond acceptors (Lipinski definition) is 11. The van der Waals surface area contributed by atoms with E-state index >= 15 is 0 Å². The first kappa shape index (κ1) is 31.1. The summed E-state index contributed by atoms with van der Waals surface area (Å²) in [7, 11) is -4.45. The minimum atomic E-state index is -4.45. The summed E-state index contributed by atoms with van der Waals surface area (Å²) in [5, 5.41) is 32.7. The van der Waals surface area contributed by atoms with E-state index in [0.717, 1.165) is 12.2 Å². The lowest BCUT2D eigenvalue weighted by Gasteiger charge is -2.37. The second kappa shape index (κ2) is 14.8. The molecule has 218 valence electrons. The largest absolute Gasteiger partial charge is 0.390 e. The smallest absolute Gasteiger partial charge is 0.362 e. The van der Waals surface area contributed by atoms with Crippen LogP contribution in [0.4, 0.5) is 0 Å². The average Bonchev–Trinajstić information content (AvgIpc) is 3.33. The van der Waals surface area contributed by atoms with Crippen molar-refractivity contribution in [3.8, 4) is 0 Å². The molecule has 1 aliphatic rings. The van der Waals surface area contributed by atoms with E-state index in [2.05, 4.69) is 15.6 Å². The number of aryl methyl sites for hydroxylation is 1. The zero-order valence-electron chi connectivity index (χ0n) is 22.3. The number of ether oxygens (including phenoxy) is 1. The molecular formula is C25H40N6O7S.